The van der Waals surface area contributed by atoms with Crippen LogP contribution in [0.15, 0.2) is 18.6 Å². The minimum Gasteiger partial charge on any atom is -0.367 e. The molecular weight excluding hydrogens is 202 g/mol. The van der Waals surface area contributed by atoms with Crippen molar-refractivity contribution < 1.29 is 4.74 Å². The van der Waals surface area contributed by atoms with Gasteiger partial charge in [0.15, 0.2) is 0 Å². The van der Waals surface area contributed by atoms with Crippen LogP contribution in [-0.2, 0) is 4.74 Å². The van der Waals surface area contributed by atoms with E-state index in [1.165, 1.54) is 0 Å². The Morgan fingerprint density at radius 1 is 1.31 bits per heavy atom. The lowest BCUT2D eigenvalue weighted by atomic mass is 9.94. The third-order valence-corrected chi connectivity index (χ3v) is 2.96. The molecule has 1 atom stereocenters. The predicted octanol–water partition coefficient (Wildman–Crippen LogP) is 2.23. The molecule has 1 fully saturated rings. The Morgan fingerprint density at radius 2 is 2.06 bits per heavy atom. The molecule has 1 aromatic heterocycles. The van der Waals surface area contributed by atoms with E-state index in [0.29, 0.717) is 0 Å². The van der Waals surface area contributed by atoms with Gasteiger partial charge in [-0.25, -0.2) is 4.98 Å². The van der Waals surface area contributed by atoms with Gasteiger partial charge in [-0.3, -0.25) is 4.98 Å². The second kappa shape index (κ2) is 3.70. The molecule has 1 unspecified atom stereocenters. The number of anilines is 1. The van der Waals surface area contributed by atoms with Crippen LogP contribution in [0.1, 0.15) is 34.1 Å². The molecule has 88 valence electrons. The van der Waals surface area contributed by atoms with Gasteiger partial charge in [0, 0.05) is 12.4 Å². The van der Waals surface area contributed by atoms with E-state index in [-0.39, 0.29) is 17.2 Å². The third-order valence-electron chi connectivity index (χ3n) is 2.96. The zero-order valence-electron chi connectivity index (χ0n) is 10.3. The highest BCUT2D eigenvalue weighted by Gasteiger charge is 2.45. The summed E-state index contributed by atoms with van der Waals surface area (Å²) in [7, 11) is 0. The third kappa shape index (κ3) is 2.32. The molecule has 4 nitrogen and oxygen atoms in total. The van der Waals surface area contributed by atoms with Gasteiger partial charge in [-0.15, -0.1) is 0 Å². The van der Waals surface area contributed by atoms with Gasteiger partial charge < -0.3 is 10.1 Å². The van der Waals surface area contributed by atoms with Gasteiger partial charge in [0.05, 0.1) is 23.4 Å². The van der Waals surface area contributed by atoms with Crippen molar-refractivity contribution in [2.24, 2.45) is 0 Å². The number of nitrogens with zero attached hydrogens (tertiary/aromatic N) is 2. The first kappa shape index (κ1) is 11.3. The average Bonchev–Trinajstić information content (AvgIpc) is 2.36. The lowest BCUT2D eigenvalue weighted by Gasteiger charge is -2.27. The van der Waals surface area contributed by atoms with Crippen LogP contribution in [0, 0.1) is 0 Å². The molecule has 1 aromatic rings. The molecule has 1 aliphatic rings. The summed E-state index contributed by atoms with van der Waals surface area (Å²) < 4.78 is 6.01. The van der Waals surface area contributed by atoms with Crippen LogP contribution >= 0.6 is 0 Å². The summed E-state index contributed by atoms with van der Waals surface area (Å²) in [6.07, 6.45) is 6.07. The SMILES string of the molecule is CC1(C)CC(Nc2cnccn2)C(C)(C)O1. The highest BCUT2D eigenvalue weighted by atomic mass is 16.5. The van der Waals surface area contributed by atoms with E-state index in [0.717, 1.165) is 12.2 Å². The van der Waals surface area contributed by atoms with E-state index in [2.05, 4.69) is 43.0 Å². The van der Waals surface area contributed by atoms with Gasteiger partial charge in [0.1, 0.15) is 5.82 Å². The molecule has 0 aromatic carbocycles. The van der Waals surface area contributed by atoms with Crippen molar-refractivity contribution in [2.45, 2.75) is 51.4 Å². The quantitative estimate of drug-likeness (QED) is 0.832. The van der Waals surface area contributed by atoms with Gasteiger partial charge in [-0.2, -0.15) is 0 Å². The van der Waals surface area contributed by atoms with E-state index in [1.54, 1.807) is 18.6 Å². The fourth-order valence-corrected chi connectivity index (χ4v) is 2.34. The summed E-state index contributed by atoms with van der Waals surface area (Å²) in [6, 6.07) is 0.263. The molecule has 0 saturated carbocycles. The van der Waals surface area contributed by atoms with Crippen LogP contribution in [-0.4, -0.2) is 27.2 Å². The zero-order valence-corrected chi connectivity index (χ0v) is 10.3. The first-order chi connectivity index (χ1) is 7.39. The summed E-state index contributed by atoms with van der Waals surface area (Å²) in [4.78, 5) is 8.27. The molecule has 0 spiro atoms. The van der Waals surface area contributed by atoms with Crippen LogP contribution in [0.2, 0.25) is 0 Å². The van der Waals surface area contributed by atoms with Crippen molar-refractivity contribution >= 4 is 5.82 Å². The number of rotatable bonds is 2. The normalized spacial score (nSPS) is 26.6. The maximum atomic E-state index is 6.01. The molecule has 2 rings (SSSR count). The first-order valence-corrected chi connectivity index (χ1v) is 5.62. The second-order valence-corrected chi connectivity index (χ2v) is 5.46. The Bertz CT molecular complexity index is 362. The largest absolute Gasteiger partial charge is 0.367 e. The Kier molecular flexibility index (Phi) is 2.62. The fourth-order valence-electron chi connectivity index (χ4n) is 2.34. The van der Waals surface area contributed by atoms with Crippen molar-refractivity contribution in [1.82, 2.24) is 9.97 Å². The minimum absolute atomic E-state index is 0.0800. The highest BCUT2D eigenvalue weighted by Crippen LogP contribution is 2.38. The lowest BCUT2D eigenvalue weighted by molar-refractivity contribution is -0.0662. The smallest absolute Gasteiger partial charge is 0.144 e. The first-order valence-electron chi connectivity index (χ1n) is 5.62. The topological polar surface area (TPSA) is 47.0 Å². The van der Waals surface area contributed by atoms with Crippen LogP contribution in [0.5, 0.6) is 0 Å². The summed E-state index contributed by atoms with van der Waals surface area (Å²) in [6.45, 7) is 8.45. The Balaban J connectivity index is 2.11. The Morgan fingerprint density at radius 3 is 2.56 bits per heavy atom. The molecule has 2 heterocycles. The van der Waals surface area contributed by atoms with E-state index in [1.807, 2.05) is 0 Å². The summed E-state index contributed by atoms with van der Waals surface area (Å²) in [5.74, 6) is 0.807. The van der Waals surface area contributed by atoms with Gasteiger partial charge in [0.2, 0.25) is 0 Å². The second-order valence-electron chi connectivity index (χ2n) is 5.46. The maximum Gasteiger partial charge on any atom is 0.144 e. The van der Waals surface area contributed by atoms with Crippen molar-refractivity contribution in [2.75, 3.05) is 5.32 Å². The van der Waals surface area contributed by atoms with Gasteiger partial charge in [0.25, 0.3) is 0 Å². The number of nitrogens with one attached hydrogen (secondary N) is 1. The molecular formula is C12H19N3O. The summed E-state index contributed by atoms with van der Waals surface area (Å²) >= 11 is 0. The molecule has 1 saturated heterocycles. The molecule has 4 heteroatoms. The predicted molar refractivity (Wildman–Crippen MR) is 63.3 cm³/mol. The fraction of sp³-hybridized carbons (Fsp3) is 0.667. The molecule has 0 amide bonds. The van der Waals surface area contributed by atoms with Gasteiger partial charge in [-0.1, -0.05) is 0 Å². The van der Waals surface area contributed by atoms with Gasteiger partial charge in [-0.05, 0) is 34.1 Å². The Labute approximate surface area is 96.4 Å². The maximum absolute atomic E-state index is 6.01. The molecule has 0 bridgehead atoms. The molecule has 1 aliphatic heterocycles. The lowest BCUT2D eigenvalue weighted by Crippen LogP contribution is -2.38. The Hall–Kier alpha value is -1.16. The zero-order chi connectivity index (χ0) is 11.8. The minimum atomic E-state index is -0.180. The number of aromatic nitrogens is 2. The van der Waals surface area contributed by atoms with Crippen LogP contribution in [0.25, 0.3) is 0 Å². The van der Waals surface area contributed by atoms with E-state index in [4.69, 9.17) is 4.74 Å². The van der Waals surface area contributed by atoms with E-state index >= 15 is 0 Å². The van der Waals surface area contributed by atoms with Crippen LogP contribution in [0.3, 0.4) is 0 Å². The van der Waals surface area contributed by atoms with Crippen molar-refractivity contribution in [1.29, 1.82) is 0 Å². The van der Waals surface area contributed by atoms with E-state index in [9.17, 15) is 0 Å². The molecule has 0 radical (unpaired) electrons. The molecule has 1 N–H and O–H groups in total. The van der Waals surface area contributed by atoms with E-state index < -0.39 is 0 Å². The van der Waals surface area contributed by atoms with Crippen LogP contribution in [0.4, 0.5) is 5.82 Å². The monoisotopic (exact) mass is 221 g/mol. The number of hydrogen-bond donors (Lipinski definition) is 1. The number of ether oxygens (including phenoxy) is 1. The average molecular weight is 221 g/mol. The van der Waals surface area contributed by atoms with Crippen molar-refractivity contribution in [3.63, 3.8) is 0 Å². The molecule has 16 heavy (non-hydrogen) atoms. The highest BCUT2D eigenvalue weighted by molar-refractivity contribution is 5.33. The summed E-state index contributed by atoms with van der Waals surface area (Å²) in [5.41, 5.74) is -0.260. The van der Waals surface area contributed by atoms with Crippen LogP contribution < -0.4 is 5.32 Å². The van der Waals surface area contributed by atoms with Crippen molar-refractivity contribution in [3.05, 3.63) is 18.6 Å². The summed E-state index contributed by atoms with van der Waals surface area (Å²) in [5, 5.41) is 3.39. The number of hydrogen-bond acceptors (Lipinski definition) is 4. The molecule has 0 aliphatic carbocycles. The standard InChI is InChI=1S/C12H19N3O/c1-11(2)7-9(12(3,4)16-11)15-10-8-13-5-6-14-10/h5-6,8-9H,7H2,1-4H3,(H,14,15). The van der Waals surface area contributed by atoms with Gasteiger partial charge >= 0.3 is 0 Å². The van der Waals surface area contributed by atoms with Crippen molar-refractivity contribution in [3.8, 4) is 0 Å².